The van der Waals surface area contributed by atoms with Gasteiger partial charge >= 0.3 is 5.69 Å². The van der Waals surface area contributed by atoms with Crippen LogP contribution in [0.25, 0.3) is 11.1 Å². The fraction of sp³-hybridized carbons (Fsp3) is 0.267. The zero-order chi connectivity index (χ0) is 24.2. The molecule has 35 heavy (non-hydrogen) atoms. The summed E-state index contributed by atoms with van der Waals surface area (Å²) in [6.07, 6.45) is 3.60. The van der Waals surface area contributed by atoms with Gasteiger partial charge in [-0.15, -0.1) is 0 Å². The molecule has 178 valence electrons. The zero-order valence-electron chi connectivity index (χ0n) is 20.1. The Labute approximate surface area is 205 Å². The normalized spacial score (nSPS) is 14.3. The number of benzene rings is 3. The van der Waals surface area contributed by atoms with E-state index in [0.29, 0.717) is 23.7 Å². The van der Waals surface area contributed by atoms with E-state index in [1.807, 2.05) is 30.3 Å². The van der Waals surface area contributed by atoms with Crippen molar-refractivity contribution in [2.75, 3.05) is 18.0 Å². The molecule has 1 saturated heterocycles. The quantitative estimate of drug-likeness (QED) is 0.445. The Morgan fingerprint density at radius 1 is 0.829 bits per heavy atom. The van der Waals surface area contributed by atoms with Crippen molar-refractivity contribution in [3.05, 3.63) is 122 Å². The smallest absolute Gasteiger partial charge is 0.329 e. The maximum Gasteiger partial charge on any atom is 0.329 e. The van der Waals surface area contributed by atoms with Crippen LogP contribution in [0.2, 0.25) is 0 Å². The summed E-state index contributed by atoms with van der Waals surface area (Å²) in [6, 6.07) is 29.0. The molecule has 4 aromatic rings. The molecule has 1 aromatic heterocycles. The lowest BCUT2D eigenvalue weighted by atomic mass is 9.90. The van der Waals surface area contributed by atoms with Crippen LogP contribution in [0.15, 0.2) is 94.5 Å². The number of hydrogen-bond donors (Lipinski definition) is 1. The fourth-order valence-corrected chi connectivity index (χ4v) is 5.16. The van der Waals surface area contributed by atoms with Crippen molar-refractivity contribution in [3.63, 3.8) is 0 Å². The van der Waals surface area contributed by atoms with Crippen LogP contribution < -0.4 is 16.1 Å². The predicted octanol–water partition coefficient (Wildman–Crippen LogP) is 4.79. The van der Waals surface area contributed by atoms with E-state index in [1.165, 1.54) is 10.1 Å². The summed E-state index contributed by atoms with van der Waals surface area (Å²) in [6.45, 7) is 1.65. The van der Waals surface area contributed by atoms with E-state index in [2.05, 4.69) is 64.5 Å². The summed E-state index contributed by atoms with van der Waals surface area (Å²) < 4.78 is 1.19. The van der Waals surface area contributed by atoms with Crippen molar-refractivity contribution < 1.29 is 0 Å². The SMILES string of the molecule is Cn1c(=O)[nH]c(N2CCC(Cc3ccccc3)CC2)c(Cc2ccccc2-c2ccccc2)c1=O. The van der Waals surface area contributed by atoms with E-state index in [9.17, 15) is 9.59 Å². The Morgan fingerprint density at radius 2 is 1.46 bits per heavy atom. The molecule has 2 heterocycles. The maximum atomic E-state index is 13.3. The summed E-state index contributed by atoms with van der Waals surface area (Å²) in [4.78, 5) is 31.1. The molecular weight excluding hydrogens is 434 g/mol. The second-order valence-corrected chi connectivity index (χ2v) is 9.44. The van der Waals surface area contributed by atoms with Crippen molar-refractivity contribution in [1.29, 1.82) is 0 Å². The minimum Gasteiger partial charge on any atom is -0.358 e. The molecule has 5 nitrogen and oxygen atoms in total. The number of aromatic amines is 1. The molecule has 0 bridgehead atoms. The van der Waals surface area contributed by atoms with Gasteiger partial charge in [0.15, 0.2) is 0 Å². The molecule has 5 heteroatoms. The van der Waals surface area contributed by atoms with Gasteiger partial charge in [0.1, 0.15) is 5.82 Å². The van der Waals surface area contributed by atoms with Crippen LogP contribution in [-0.4, -0.2) is 22.6 Å². The van der Waals surface area contributed by atoms with Crippen LogP contribution in [0, 0.1) is 5.92 Å². The van der Waals surface area contributed by atoms with E-state index in [1.54, 1.807) is 7.05 Å². The molecule has 5 rings (SSSR count). The first-order chi connectivity index (χ1) is 17.1. The Balaban J connectivity index is 1.43. The number of H-pyrrole nitrogens is 1. The number of nitrogens with zero attached hydrogens (tertiary/aromatic N) is 2. The monoisotopic (exact) mass is 465 g/mol. The van der Waals surface area contributed by atoms with Gasteiger partial charge in [0, 0.05) is 26.6 Å². The second kappa shape index (κ2) is 10.2. The summed E-state index contributed by atoms with van der Waals surface area (Å²) in [5.41, 5.74) is 4.72. The van der Waals surface area contributed by atoms with Gasteiger partial charge in [-0.1, -0.05) is 84.9 Å². The number of aromatic nitrogens is 2. The molecule has 0 atom stereocenters. The van der Waals surface area contributed by atoms with Gasteiger partial charge in [0.2, 0.25) is 0 Å². The van der Waals surface area contributed by atoms with Gasteiger partial charge in [0.05, 0.1) is 5.56 Å². The topological polar surface area (TPSA) is 58.1 Å². The first-order valence-corrected chi connectivity index (χ1v) is 12.3. The third-order valence-electron chi connectivity index (χ3n) is 7.15. The highest BCUT2D eigenvalue weighted by atomic mass is 16.2. The lowest BCUT2D eigenvalue weighted by Gasteiger charge is -2.34. The Hall–Kier alpha value is -3.86. The number of anilines is 1. The first-order valence-electron chi connectivity index (χ1n) is 12.3. The van der Waals surface area contributed by atoms with Crippen molar-refractivity contribution in [3.8, 4) is 11.1 Å². The number of piperidine rings is 1. The van der Waals surface area contributed by atoms with Crippen molar-refractivity contribution >= 4 is 5.82 Å². The lowest BCUT2D eigenvalue weighted by molar-refractivity contribution is 0.401. The maximum absolute atomic E-state index is 13.3. The molecule has 1 aliphatic heterocycles. The van der Waals surface area contributed by atoms with Crippen LogP contribution >= 0.6 is 0 Å². The van der Waals surface area contributed by atoms with Crippen LogP contribution in [0.5, 0.6) is 0 Å². The Kier molecular flexibility index (Phi) is 6.66. The zero-order valence-corrected chi connectivity index (χ0v) is 20.1. The van der Waals surface area contributed by atoms with Crippen molar-refractivity contribution in [2.45, 2.75) is 25.7 Å². The summed E-state index contributed by atoms with van der Waals surface area (Å²) in [5.74, 6) is 1.29. The number of rotatable bonds is 6. The van der Waals surface area contributed by atoms with Gasteiger partial charge in [0.25, 0.3) is 5.56 Å². The van der Waals surface area contributed by atoms with E-state index in [4.69, 9.17) is 0 Å². The van der Waals surface area contributed by atoms with E-state index >= 15 is 0 Å². The van der Waals surface area contributed by atoms with Gasteiger partial charge in [-0.05, 0) is 47.4 Å². The van der Waals surface area contributed by atoms with Crippen molar-refractivity contribution in [2.24, 2.45) is 13.0 Å². The predicted molar refractivity (Wildman–Crippen MR) is 142 cm³/mol. The number of nitrogens with one attached hydrogen (secondary N) is 1. The van der Waals surface area contributed by atoms with Gasteiger partial charge < -0.3 is 4.90 Å². The van der Waals surface area contributed by atoms with Crippen LogP contribution in [0.1, 0.15) is 29.5 Å². The minimum absolute atomic E-state index is 0.224. The average Bonchev–Trinajstić information content (AvgIpc) is 2.91. The van der Waals surface area contributed by atoms with Gasteiger partial charge in [-0.2, -0.15) is 0 Å². The van der Waals surface area contributed by atoms with Crippen molar-refractivity contribution in [1.82, 2.24) is 9.55 Å². The largest absolute Gasteiger partial charge is 0.358 e. The number of hydrogen-bond acceptors (Lipinski definition) is 3. The molecule has 0 spiro atoms. The molecule has 1 N–H and O–H groups in total. The fourth-order valence-electron chi connectivity index (χ4n) is 5.16. The molecule has 1 fully saturated rings. The van der Waals surface area contributed by atoms with Crippen LogP contribution in [-0.2, 0) is 19.9 Å². The highest BCUT2D eigenvalue weighted by Crippen LogP contribution is 2.29. The molecule has 1 aliphatic rings. The summed E-state index contributed by atoms with van der Waals surface area (Å²) in [7, 11) is 1.55. The van der Waals surface area contributed by atoms with E-state index in [0.717, 1.165) is 49.0 Å². The van der Waals surface area contributed by atoms with E-state index < -0.39 is 0 Å². The highest BCUT2D eigenvalue weighted by Gasteiger charge is 2.24. The molecular formula is C30H31N3O2. The Bertz CT molecular complexity index is 1400. The highest BCUT2D eigenvalue weighted by molar-refractivity contribution is 5.68. The Morgan fingerprint density at radius 3 is 2.17 bits per heavy atom. The molecule has 0 radical (unpaired) electrons. The standard InChI is InChI=1S/C30H31N3O2/c1-32-29(34)27(21-25-14-8-9-15-26(25)24-12-6-3-7-13-24)28(31-30(32)35)33-18-16-23(17-19-33)20-22-10-4-2-5-11-22/h2-15,23H,16-21H2,1H3,(H,31,35). The molecule has 3 aromatic carbocycles. The molecule has 0 saturated carbocycles. The first kappa shape index (κ1) is 22.9. The van der Waals surface area contributed by atoms with Crippen LogP contribution in [0.3, 0.4) is 0 Å². The van der Waals surface area contributed by atoms with Gasteiger partial charge in [-0.25, -0.2) is 4.79 Å². The third-order valence-corrected chi connectivity index (χ3v) is 7.15. The molecule has 0 aliphatic carbocycles. The van der Waals surface area contributed by atoms with Gasteiger partial charge in [-0.3, -0.25) is 14.3 Å². The molecule has 0 amide bonds. The summed E-state index contributed by atoms with van der Waals surface area (Å²) >= 11 is 0. The third kappa shape index (κ3) is 4.99. The second-order valence-electron chi connectivity index (χ2n) is 9.44. The lowest BCUT2D eigenvalue weighted by Crippen LogP contribution is -2.42. The van der Waals surface area contributed by atoms with Crippen LogP contribution in [0.4, 0.5) is 5.82 Å². The average molecular weight is 466 g/mol. The summed E-state index contributed by atoms with van der Waals surface area (Å²) in [5, 5.41) is 0. The molecule has 0 unspecified atom stereocenters. The minimum atomic E-state index is -0.364. The van der Waals surface area contributed by atoms with E-state index in [-0.39, 0.29) is 11.2 Å².